The van der Waals surface area contributed by atoms with Gasteiger partial charge in [0.1, 0.15) is 23.0 Å². The second-order valence-electron chi connectivity index (χ2n) is 8.38. The summed E-state index contributed by atoms with van der Waals surface area (Å²) in [4.78, 5) is 13.1. The number of carbonyl (C=O) groups excluding carboxylic acids is 1. The molecular formula is C28H16O5. The number of rotatable bonds is 0. The Labute approximate surface area is 188 Å². The first-order chi connectivity index (χ1) is 16.1. The van der Waals surface area contributed by atoms with Crippen molar-refractivity contribution in [2.75, 3.05) is 0 Å². The molecule has 2 N–H and O–H groups in total. The number of aromatic hydroxyl groups is 2. The second kappa shape index (κ2) is 6.04. The lowest BCUT2D eigenvalue weighted by atomic mass is 9.76. The minimum Gasteiger partial charge on any atom is -0.507 e. The van der Waals surface area contributed by atoms with Crippen LogP contribution in [0.4, 0.5) is 0 Å². The van der Waals surface area contributed by atoms with Gasteiger partial charge in [-0.15, -0.1) is 0 Å². The third-order valence-corrected chi connectivity index (χ3v) is 6.68. The molecule has 0 saturated carbocycles. The summed E-state index contributed by atoms with van der Waals surface area (Å²) in [7, 11) is 0. The summed E-state index contributed by atoms with van der Waals surface area (Å²) in [5, 5.41) is 24.1. The van der Waals surface area contributed by atoms with Crippen LogP contribution in [0.25, 0.3) is 21.5 Å². The molecule has 5 heteroatoms. The van der Waals surface area contributed by atoms with E-state index >= 15 is 0 Å². The number of phenolic OH excluding ortho intramolecular Hbond substituents is 2. The van der Waals surface area contributed by atoms with Crippen LogP contribution in [0.3, 0.4) is 0 Å². The minimum atomic E-state index is -1.27. The summed E-state index contributed by atoms with van der Waals surface area (Å²) < 4.78 is 12.6. The van der Waals surface area contributed by atoms with Crippen LogP contribution in [0.15, 0.2) is 84.9 Å². The molecule has 5 aromatic carbocycles. The molecule has 33 heavy (non-hydrogen) atoms. The van der Waals surface area contributed by atoms with Gasteiger partial charge in [-0.05, 0) is 47.2 Å². The SMILES string of the molecule is O=C1OC2(c3cc4c(O)cccc4cc3Oc3c2ccc2cccc(O)c32)c2ccccc21. The van der Waals surface area contributed by atoms with E-state index in [-0.39, 0.29) is 11.5 Å². The highest BCUT2D eigenvalue weighted by Crippen LogP contribution is 2.59. The van der Waals surface area contributed by atoms with Crippen molar-refractivity contribution in [1.82, 2.24) is 0 Å². The van der Waals surface area contributed by atoms with Gasteiger partial charge in [0.15, 0.2) is 5.60 Å². The van der Waals surface area contributed by atoms with Crippen molar-refractivity contribution in [3.63, 3.8) is 0 Å². The van der Waals surface area contributed by atoms with E-state index in [1.54, 1.807) is 36.4 Å². The van der Waals surface area contributed by atoms with E-state index in [0.717, 1.165) is 10.8 Å². The standard InChI is InChI=1S/C28H16O5/c29-22-9-4-6-16-13-24-21(14-18(16)22)28(19-8-2-1-7-17(19)27(31)33-28)20-12-11-15-5-3-10-23(30)25(15)26(20)32-24/h1-14,29-30H. The molecule has 7 rings (SSSR count). The van der Waals surface area contributed by atoms with E-state index in [4.69, 9.17) is 9.47 Å². The molecule has 5 aromatic rings. The van der Waals surface area contributed by atoms with Gasteiger partial charge in [0.05, 0.1) is 10.9 Å². The van der Waals surface area contributed by atoms with Crippen molar-refractivity contribution in [3.05, 3.63) is 107 Å². The summed E-state index contributed by atoms with van der Waals surface area (Å²) in [5.74, 6) is 0.728. The maximum Gasteiger partial charge on any atom is 0.340 e. The minimum absolute atomic E-state index is 0.0824. The number of fused-ring (bicyclic) bond motifs is 9. The molecule has 2 aliphatic heterocycles. The molecule has 5 nitrogen and oxygen atoms in total. The van der Waals surface area contributed by atoms with Crippen molar-refractivity contribution in [3.8, 4) is 23.0 Å². The van der Waals surface area contributed by atoms with Crippen molar-refractivity contribution >= 4 is 27.5 Å². The van der Waals surface area contributed by atoms with Crippen LogP contribution in [-0.4, -0.2) is 16.2 Å². The normalized spacial score (nSPS) is 18.0. The van der Waals surface area contributed by atoms with E-state index < -0.39 is 11.6 Å². The first kappa shape index (κ1) is 18.1. The molecule has 0 aliphatic carbocycles. The van der Waals surface area contributed by atoms with Crippen LogP contribution in [0, 0.1) is 0 Å². The van der Waals surface area contributed by atoms with Crippen LogP contribution >= 0.6 is 0 Å². The van der Waals surface area contributed by atoms with E-state index in [1.807, 2.05) is 48.5 Å². The number of benzene rings is 5. The predicted octanol–water partition coefficient (Wildman–Crippen LogP) is 5.97. The van der Waals surface area contributed by atoms with Gasteiger partial charge >= 0.3 is 5.97 Å². The molecule has 158 valence electrons. The molecule has 0 fully saturated rings. The van der Waals surface area contributed by atoms with Gasteiger partial charge in [0.2, 0.25) is 0 Å². The van der Waals surface area contributed by atoms with Crippen LogP contribution in [-0.2, 0) is 10.3 Å². The Bertz CT molecular complexity index is 1670. The highest BCUT2D eigenvalue weighted by Gasteiger charge is 2.54. The Morgan fingerprint density at radius 3 is 2.36 bits per heavy atom. The molecule has 1 atom stereocenters. The highest BCUT2D eigenvalue weighted by atomic mass is 16.6. The molecule has 1 spiro atoms. The quantitative estimate of drug-likeness (QED) is 0.295. The number of carbonyl (C=O) groups is 1. The van der Waals surface area contributed by atoms with Gasteiger partial charge in [-0.3, -0.25) is 0 Å². The molecule has 0 amide bonds. The fourth-order valence-corrected chi connectivity index (χ4v) is 5.23. The summed E-state index contributed by atoms with van der Waals surface area (Å²) in [5.41, 5.74) is 1.15. The van der Waals surface area contributed by atoms with Crippen LogP contribution < -0.4 is 4.74 Å². The molecule has 1 unspecified atom stereocenters. The van der Waals surface area contributed by atoms with E-state index in [9.17, 15) is 15.0 Å². The monoisotopic (exact) mass is 432 g/mol. The van der Waals surface area contributed by atoms with E-state index in [1.165, 1.54) is 0 Å². The Balaban J connectivity index is 1.68. The summed E-state index contributed by atoms with van der Waals surface area (Å²) in [6.45, 7) is 0. The third kappa shape index (κ3) is 2.18. The number of hydrogen-bond donors (Lipinski definition) is 2. The fourth-order valence-electron chi connectivity index (χ4n) is 5.23. The first-order valence-electron chi connectivity index (χ1n) is 10.6. The zero-order chi connectivity index (χ0) is 22.3. The summed E-state index contributed by atoms with van der Waals surface area (Å²) >= 11 is 0. The second-order valence-corrected chi connectivity index (χ2v) is 8.38. The Morgan fingerprint density at radius 2 is 1.48 bits per heavy atom. The molecule has 0 aromatic heterocycles. The van der Waals surface area contributed by atoms with Gasteiger partial charge < -0.3 is 19.7 Å². The molecular weight excluding hydrogens is 416 g/mol. The van der Waals surface area contributed by atoms with Crippen molar-refractivity contribution in [2.24, 2.45) is 0 Å². The van der Waals surface area contributed by atoms with Crippen LogP contribution in [0.2, 0.25) is 0 Å². The van der Waals surface area contributed by atoms with E-state index in [0.29, 0.717) is 44.5 Å². The Morgan fingerprint density at radius 1 is 0.697 bits per heavy atom. The number of ether oxygens (including phenoxy) is 2. The van der Waals surface area contributed by atoms with Gasteiger partial charge in [-0.2, -0.15) is 0 Å². The summed E-state index contributed by atoms with van der Waals surface area (Å²) in [6, 6.07) is 25.3. The average molecular weight is 432 g/mol. The lowest BCUT2D eigenvalue weighted by molar-refractivity contribution is 0.0226. The van der Waals surface area contributed by atoms with Gasteiger partial charge in [0.25, 0.3) is 0 Å². The van der Waals surface area contributed by atoms with Gasteiger partial charge in [-0.1, -0.05) is 48.5 Å². The highest BCUT2D eigenvalue weighted by molar-refractivity contribution is 6.01. The Kier molecular flexibility index (Phi) is 3.32. The fraction of sp³-hybridized carbons (Fsp3) is 0.0357. The summed E-state index contributed by atoms with van der Waals surface area (Å²) in [6.07, 6.45) is 0. The van der Waals surface area contributed by atoms with Crippen molar-refractivity contribution in [2.45, 2.75) is 5.60 Å². The molecule has 0 bridgehead atoms. The zero-order valence-corrected chi connectivity index (χ0v) is 17.2. The largest absolute Gasteiger partial charge is 0.507 e. The van der Waals surface area contributed by atoms with Crippen molar-refractivity contribution < 1.29 is 24.5 Å². The third-order valence-electron chi connectivity index (χ3n) is 6.68. The smallest absolute Gasteiger partial charge is 0.340 e. The van der Waals surface area contributed by atoms with E-state index in [2.05, 4.69) is 0 Å². The topological polar surface area (TPSA) is 76.0 Å². The van der Waals surface area contributed by atoms with Gasteiger partial charge in [-0.25, -0.2) is 4.79 Å². The van der Waals surface area contributed by atoms with Gasteiger partial charge in [0, 0.05) is 22.1 Å². The lowest BCUT2D eigenvalue weighted by Crippen LogP contribution is -2.33. The number of hydrogen-bond acceptors (Lipinski definition) is 5. The average Bonchev–Trinajstić information content (AvgIpc) is 3.12. The zero-order valence-electron chi connectivity index (χ0n) is 17.2. The molecule has 2 aliphatic rings. The molecule has 0 radical (unpaired) electrons. The first-order valence-corrected chi connectivity index (χ1v) is 10.6. The predicted molar refractivity (Wildman–Crippen MR) is 123 cm³/mol. The molecule has 2 heterocycles. The number of esters is 1. The molecule has 0 saturated heterocycles. The van der Waals surface area contributed by atoms with Crippen LogP contribution in [0.1, 0.15) is 27.0 Å². The van der Waals surface area contributed by atoms with Crippen LogP contribution in [0.5, 0.6) is 23.0 Å². The maximum atomic E-state index is 13.1. The Hall–Kier alpha value is -4.51. The maximum absolute atomic E-state index is 13.1. The lowest BCUT2D eigenvalue weighted by Gasteiger charge is -2.37. The number of phenols is 2. The van der Waals surface area contributed by atoms with Crippen molar-refractivity contribution in [1.29, 1.82) is 0 Å².